The highest BCUT2D eigenvalue weighted by molar-refractivity contribution is 6.13. The molecule has 0 unspecified atom stereocenters. The van der Waals surface area contributed by atoms with Crippen molar-refractivity contribution >= 4 is 34.7 Å². The summed E-state index contributed by atoms with van der Waals surface area (Å²) in [5, 5.41) is 0.145. The first kappa shape index (κ1) is 31.5. The number of esters is 3. The third-order valence-electron chi connectivity index (χ3n) is 6.21. The van der Waals surface area contributed by atoms with Crippen LogP contribution in [0.15, 0.2) is 26.9 Å². The van der Waals surface area contributed by atoms with E-state index in [2.05, 4.69) is 0 Å². The summed E-state index contributed by atoms with van der Waals surface area (Å²) >= 11 is 0. The second kappa shape index (κ2) is 13.9. The van der Waals surface area contributed by atoms with Crippen molar-refractivity contribution in [3.05, 3.63) is 44.8 Å². The van der Waals surface area contributed by atoms with Gasteiger partial charge in [-0.2, -0.15) is 0 Å². The second-order valence-electron chi connectivity index (χ2n) is 9.82. The Morgan fingerprint density at radius 3 is 2.08 bits per heavy atom. The molecule has 0 aliphatic rings. The van der Waals surface area contributed by atoms with Crippen LogP contribution in [0.1, 0.15) is 109 Å². The average molecular weight is 543 g/mol. The van der Waals surface area contributed by atoms with E-state index >= 15 is 0 Å². The van der Waals surface area contributed by atoms with Gasteiger partial charge in [0.1, 0.15) is 17.4 Å². The summed E-state index contributed by atoms with van der Waals surface area (Å²) in [5.74, 6) is -3.05. The predicted octanol–water partition coefficient (Wildman–Crippen LogP) is 6.18. The van der Waals surface area contributed by atoms with Gasteiger partial charge in [0.2, 0.25) is 0 Å². The normalized spacial score (nSPS) is 12.4. The molecule has 0 saturated carbocycles. The van der Waals surface area contributed by atoms with E-state index in [0.717, 1.165) is 12.0 Å². The molecule has 0 aliphatic heterocycles. The molecule has 9 heteroatoms. The molecular formula is C30H38O9. The highest BCUT2D eigenvalue weighted by Crippen LogP contribution is 2.46. The predicted molar refractivity (Wildman–Crippen MR) is 146 cm³/mol. The van der Waals surface area contributed by atoms with Crippen LogP contribution in [0.3, 0.4) is 0 Å². The topological polar surface area (TPSA) is 126 Å². The molecule has 0 amide bonds. The van der Waals surface area contributed by atoms with E-state index < -0.39 is 41.3 Å². The van der Waals surface area contributed by atoms with Gasteiger partial charge in [-0.3, -0.25) is 19.2 Å². The van der Waals surface area contributed by atoms with Crippen LogP contribution in [-0.4, -0.2) is 23.7 Å². The lowest BCUT2D eigenvalue weighted by Gasteiger charge is -2.24. The summed E-state index contributed by atoms with van der Waals surface area (Å²) in [4.78, 5) is 63.4. The molecule has 0 saturated heterocycles. The Bertz CT molecular complexity index is 1340. The van der Waals surface area contributed by atoms with E-state index in [4.69, 9.17) is 18.6 Å². The number of carbonyl (C=O) groups excluding carboxylic acids is 4. The standard InChI is InChI=1S/C30H38O9/c1-9-11-12-23(36-18(6)31)22-15-24(34)39-30-25(22)28(37-19(7)32)21(14-13-16(3)4)29(38-20(8)33)26(30)27(35)17(5)10-2/h13,15,17,23H,9-12,14H2,1-8H3/t17-,23-/m0/s1. The zero-order chi connectivity index (χ0) is 29.4. The molecule has 1 heterocycles. The number of rotatable bonds is 12. The summed E-state index contributed by atoms with van der Waals surface area (Å²) in [6.45, 7) is 12.9. The number of Topliss-reactive ketones (excluding diaryl/α,β-unsaturated/α-hetero) is 1. The molecule has 9 nitrogen and oxygen atoms in total. The van der Waals surface area contributed by atoms with Crippen LogP contribution in [-0.2, 0) is 25.5 Å². The molecule has 0 radical (unpaired) electrons. The van der Waals surface area contributed by atoms with Gasteiger partial charge in [0, 0.05) is 43.9 Å². The first-order chi connectivity index (χ1) is 18.3. The Kier molecular flexibility index (Phi) is 11.2. The number of ketones is 1. The number of hydrogen-bond donors (Lipinski definition) is 0. The van der Waals surface area contributed by atoms with Gasteiger partial charge in [-0.05, 0) is 39.5 Å². The van der Waals surface area contributed by atoms with Crippen molar-refractivity contribution in [3.63, 3.8) is 0 Å². The first-order valence-electron chi connectivity index (χ1n) is 13.2. The molecule has 0 aliphatic carbocycles. The van der Waals surface area contributed by atoms with Crippen molar-refractivity contribution < 1.29 is 37.8 Å². The number of carbonyl (C=O) groups is 4. The number of benzene rings is 1. The molecular weight excluding hydrogens is 504 g/mol. The molecule has 212 valence electrons. The number of ether oxygens (including phenoxy) is 3. The smallest absolute Gasteiger partial charge is 0.336 e. The molecule has 1 aromatic carbocycles. The maximum Gasteiger partial charge on any atom is 0.336 e. The Morgan fingerprint density at radius 1 is 0.949 bits per heavy atom. The monoisotopic (exact) mass is 542 g/mol. The molecule has 0 N–H and O–H groups in total. The fourth-order valence-electron chi connectivity index (χ4n) is 4.21. The Labute approximate surface area is 228 Å². The van der Waals surface area contributed by atoms with Crippen molar-refractivity contribution in [2.24, 2.45) is 5.92 Å². The minimum absolute atomic E-state index is 0.0284. The van der Waals surface area contributed by atoms with E-state index in [9.17, 15) is 24.0 Å². The third-order valence-corrected chi connectivity index (χ3v) is 6.21. The fraction of sp³-hybridized carbons (Fsp3) is 0.500. The minimum atomic E-state index is -0.884. The van der Waals surface area contributed by atoms with Gasteiger partial charge in [0.25, 0.3) is 0 Å². The van der Waals surface area contributed by atoms with Gasteiger partial charge >= 0.3 is 23.5 Å². The van der Waals surface area contributed by atoms with Crippen LogP contribution in [0.5, 0.6) is 11.5 Å². The van der Waals surface area contributed by atoms with Gasteiger partial charge in [-0.1, -0.05) is 38.8 Å². The first-order valence-corrected chi connectivity index (χ1v) is 13.2. The highest BCUT2D eigenvalue weighted by atomic mass is 16.6. The maximum absolute atomic E-state index is 13.8. The molecule has 2 aromatic rings. The van der Waals surface area contributed by atoms with E-state index in [1.54, 1.807) is 6.92 Å². The summed E-state index contributed by atoms with van der Waals surface area (Å²) in [6.07, 6.45) is 3.37. The van der Waals surface area contributed by atoms with Crippen molar-refractivity contribution in [3.8, 4) is 11.5 Å². The van der Waals surface area contributed by atoms with E-state index in [1.807, 2.05) is 33.8 Å². The summed E-state index contributed by atoms with van der Waals surface area (Å²) in [5.41, 5.74) is 0.334. The quantitative estimate of drug-likeness (QED) is 0.102. The molecule has 39 heavy (non-hydrogen) atoms. The lowest BCUT2D eigenvalue weighted by atomic mass is 9.88. The molecule has 1 aromatic heterocycles. The fourth-order valence-corrected chi connectivity index (χ4v) is 4.21. The molecule has 0 fully saturated rings. The van der Waals surface area contributed by atoms with Crippen molar-refractivity contribution in [2.45, 2.75) is 93.6 Å². The van der Waals surface area contributed by atoms with Gasteiger partial charge in [-0.15, -0.1) is 0 Å². The largest absolute Gasteiger partial charge is 0.458 e. The Morgan fingerprint density at radius 2 is 1.56 bits per heavy atom. The van der Waals surface area contributed by atoms with Crippen molar-refractivity contribution in [2.75, 3.05) is 0 Å². The van der Waals surface area contributed by atoms with E-state index in [0.29, 0.717) is 19.3 Å². The zero-order valence-corrected chi connectivity index (χ0v) is 24.0. The lowest BCUT2D eigenvalue weighted by Crippen LogP contribution is -2.20. The van der Waals surface area contributed by atoms with Crippen LogP contribution in [0.2, 0.25) is 0 Å². The number of unbranched alkanes of at least 4 members (excludes halogenated alkanes) is 1. The molecule has 2 atom stereocenters. The van der Waals surface area contributed by atoms with Crippen LogP contribution in [0.4, 0.5) is 0 Å². The summed E-state index contributed by atoms with van der Waals surface area (Å²) in [7, 11) is 0. The van der Waals surface area contributed by atoms with Gasteiger partial charge in [0.05, 0.1) is 5.39 Å². The van der Waals surface area contributed by atoms with Gasteiger partial charge in [-0.25, -0.2) is 4.79 Å². The van der Waals surface area contributed by atoms with E-state index in [-0.39, 0.29) is 45.6 Å². The zero-order valence-electron chi connectivity index (χ0n) is 24.0. The Hall–Kier alpha value is -3.75. The number of hydrogen-bond acceptors (Lipinski definition) is 9. The van der Waals surface area contributed by atoms with Crippen LogP contribution in [0.25, 0.3) is 11.0 Å². The lowest BCUT2D eigenvalue weighted by molar-refractivity contribution is -0.147. The van der Waals surface area contributed by atoms with Gasteiger partial charge < -0.3 is 18.6 Å². The SMILES string of the molecule is CCCC[C@H](OC(C)=O)c1cc(=O)oc2c(C(=O)[C@@H](C)CC)c(OC(C)=O)c(CC=C(C)C)c(OC(C)=O)c12. The molecule has 0 bridgehead atoms. The highest BCUT2D eigenvalue weighted by Gasteiger charge is 2.34. The van der Waals surface area contributed by atoms with Crippen molar-refractivity contribution in [1.82, 2.24) is 0 Å². The molecule has 2 rings (SSSR count). The third kappa shape index (κ3) is 7.88. The maximum atomic E-state index is 13.8. The van der Waals surface area contributed by atoms with Crippen LogP contribution < -0.4 is 15.1 Å². The molecule has 0 spiro atoms. The van der Waals surface area contributed by atoms with Crippen molar-refractivity contribution in [1.29, 1.82) is 0 Å². The van der Waals surface area contributed by atoms with Crippen LogP contribution in [0, 0.1) is 5.92 Å². The summed E-state index contributed by atoms with van der Waals surface area (Å²) in [6, 6.07) is 1.19. The van der Waals surface area contributed by atoms with E-state index in [1.165, 1.54) is 26.8 Å². The minimum Gasteiger partial charge on any atom is -0.458 e. The summed E-state index contributed by atoms with van der Waals surface area (Å²) < 4.78 is 22.5. The number of fused-ring (bicyclic) bond motifs is 1. The average Bonchev–Trinajstić information content (AvgIpc) is 2.83. The van der Waals surface area contributed by atoms with Gasteiger partial charge in [0.15, 0.2) is 17.1 Å². The van der Waals surface area contributed by atoms with Crippen LogP contribution >= 0.6 is 0 Å². The second-order valence-corrected chi connectivity index (χ2v) is 9.82. The number of allylic oxidation sites excluding steroid dienone is 2. The Balaban J connectivity index is 3.29.